The fourth-order valence-electron chi connectivity index (χ4n) is 5.41. The molecule has 2 aliphatic rings. The van der Waals surface area contributed by atoms with Crippen molar-refractivity contribution < 1.29 is 27.4 Å². The van der Waals surface area contributed by atoms with Gasteiger partial charge in [-0.15, -0.1) is 0 Å². The Hall–Kier alpha value is -4.56. The van der Waals surface area contributed by atoms with Gasteiger partial charge in [-0.2, -0.15) is 0 Å². The molecular weight excluding hydrogens is 579 g/mol. The van der Waals surface area contributed by atoms with Crippen LogP contribution in [0.5, 0.6) is 5.75 Å². The maximum atomic E-state index is 15.8. The summed E-state index contributed by atoms with van der Waals surface area (Å²) in [6.45, 7) is 1.39. The average molecular weight is 609 g/mol. The lowest BCUT2D eigenvalue weighted by molar-refractivity contribution is 0.0694. The molecule has 2 aromatic carbocycles. The minimum atomic E-state index is -3.98. The monoisotopic (exact) mass is 608 g/mol. The van der Waals surface area contributed by atoms with Crippen LogP contribution in [0, 0.1) is 5.82 Å². The number of aromatic carboxylic acids is 1. The SMILES string of the molecule is COc1c(N2CCN(CN(c3ncccn3)S(=O)(=O)c3ccccc3)CC2)c(F)cc2c(=O)c(C(=O)O)cn(C3CC3)c12. The maximum absolute atomic E-state index is 15.8. The van der Waals surface area contributed by atoms with E-state index in [1.807, 2.05) is 4.90 Å². The molecule has 1 N–H and O–H groups in total. The van der Waals surface area contributed by atoms with Gasteiger partial charge in [0.1, 0.15) is 11.3 Å². The molecule has 12 nitrogen and oxygen atoms in total. The topological polar surface area (TPSA) is 138 Å². The molecule has 43 heavy (non-hydrogen) atoms. The van der Waals surface area contributed by atoms with Crippen molar-refractivity contribution in [3.63, 3.8) is 0 Å². The van der Waals surface area contributed by atoms with Crippen molar-refractivity contribution in [1.82, 2.24) is 19.4 Å². The number of carboxylic acids is 1. The Balaban J connectivity index is 1.31. The van der Waals surface area contributed by atoms with Crippen LogP contribution in [0.1, 0.15) is 29.2 Å². The molecule has 0 amide bonds. The van der Waals surface area contributed by atoms with Crippen molar-refractivity contribution in [2.75, 3.05) is 49.2 Å². The molecular formula is C29H29FN6O6S. The molecule has 0 radical (unpaired) electrons. The molecule has 3 heterocycles. The number of rotatable bonds is 9. The molecule has 14 heteroatoms. The van der Waals surface area contributed by atoms with Crippen molar-refractivity contribution in [3.05, 3.63) is 82.7 Å². The van der Waals surface area contributed by atoms with Crippen molar-refractivity contribution >= 4 is 38.5 Å². The van der Waals surface area contributed by atoms with Crippen LogP contribution in [-0.4, -0.2) is 78.9 Å². The first kappa shape index (κ1) is 28.6. The molecule has 0 atom stereocenters. The van der Waals surface area contributed by atoms with Gasteiger partial charge in [-0.25, -0.2) is 31.9 Å². The number of fused-ring (bicyclic) bond motifs is 1. The summed E-state index contributed by atoms with van der Waals surface area (Å²) < 4.78 is 51.5. The molecule has 2 aromatic heterocycles. The number of hydrogen-bond acceptors (Lipinski definition) is 9. The van der Waals surface area contributed by atoms with Crippen molar-refractivity contribution in [2.24, 2.45) is 0 Å². The fraction of sp³-hybridized carbons (Fsp3) is 0.310. The number of sulfonamides is 1. The van der Waals surface area contributed by atoms with Gasteiger partial charge < -0.3 is 19.3 Å². The lowest BCUT2D eigenvalue weighted by atomic mass is 10.1. The first-order chi connectivity index (χ1) is 20.7. The summed E-state index contributed by atoms with van der Waals surface area (Å²) in [6, 6.07) is 10.7. The second-order valence-electron chi connectivity index (χ2n) is 10.4. The molecule has 6 rings (SSSR count). The van der Waals surface area contributed by atoms with Crippen LogP contribution in [0.15, 0.2) is 70.7 Å². The van der Waals surface area contributed by atoms with Gasteiger partial charge in [0.05, 0.1) is 29.6 Å². The number of anilines is 2. The predicted octanol–water partition coefficient (Wildman–Crippen LogP) is 2.95. The van der Waals surface area contributed by atoms with E-state index in [0.717, 1.165) is 23.2 Å². The summed E-state index contributed by atoms with van der Waals surface area (Å²) in [7, 11) is -2.59. The normalized spacial score (nSPS) is 15.9. The molecule has 2 fully saturated rings. The van der Waals surface area contributed by atoms with Gasteiger partial charge in [-0.3, -0.25) is 9.69 Å². The average Bonchev–Trinajstić information content (AvgIpc) is 3.86. The summed E-state index contributed by atoms with van der Waals surface area (Å²) in [5, 5.41) is 9.53. The van der Waals surface area contributed by atoms with E-state index in [-0.39, 0.29) is 40.4 Å². The van der Waals surface area contributed by atoms with Crippen molar-refractivity contribution in [3.8, 4) is 5.75 Å². The van der Waals surface area contributed by atoms with Gasteiger partial charge in [0.2, 0.25) is 11.4 Å². The van der Waals surface area contributed by atoms with E-state index in [4.69, 9.17) is 4.74 Å². The number of benzene rings is 2. The van der Waals surface area contributed by atoms with Gasteiger partial charge in [-0.1, -0.05) is 18.2 Å². The third kappa shape index (κ3) is 5.27. The lowest BCUT2D eigenvalue weighted by Crippen LogP contribution is -2.51. The number of nitrogens with zero attached hydrogens (tertiary/aromatic N) is 6. The molecule has 1 saturated heterocycles. The van der Waals surface area contributed by atoms with E-state index in [1.165, 1.54) is 37.8 Å². The van der Waals surface area contributed by atoms with E-state index in [2.05, 4.69) is 9.97 Å². The second kappa shape index (κ2) is 11.3. The van der Waals surface area contributed by atoms with Crippen LogP contribution >= 0.6 is 0 Å². The van der Waals surface area contributed by atoms with Crippen LogP contribution in [0.2, 0.25) is 0 Å². The molecule has 1 saturated carbocycles. The molecule has 224 valence electrons. The van der Waals surface area contributed by atoms with Gasteiger partial charge in [0.25, 0.3) is 10.0 Å². The number of methoxy groups -OCH3 is 1. The highest BCUT2D eigenvalue weighted by Gasteiger charge is 2.34. The Kier molecular flexibility index (Phi) is 7.48. The van der Waals surface area contributed by atoms with Gasteiger partial charge in [0.15, 0.2) is 11.6 Å². The number of ether oxygens (including phenoxy) is 1. The summed E-state index contributed by atoms with van der Waals surface area (Å²) in [5.41, 5.74) is -0.651. The molecule has 0 spiro atoms. The summed E-state index contributed by atoms with van der Waals surface area (Å²) in [5.74, 6) is -1.87. The highest BCUT2D eigenvalue weighted by atomic mass is 32.2. The Morgan fingerprint density at radius 1 is 1.09 bits per heavy atom. The number of hydrogen-bond donors (Lipinski definition) is 1. The standard InChI is InChI=1S/C29H29FN6O6S/c1-42-27-24-21(26(37)22(28(38)39)17-35(24)19-8-9-19)16-23(30)25(27)34-14-12-33(13-15-34)18-36(29-31-10-5-11-32-29)43(40,41)20-6-3-2-4-7-20/h2-7,10-11,16-17,19H,8-9,12-15,18H2,1H3,(H,38,39). The van der Waals surface area contributed by atoms with E-state index < -0.39 is 32.8 Å². The molecule has 4 aromatic rings. The zero-order chi connectivity index (χ0) is 30.3. The van der Waals surface area contributed by atoms with E-state index in [0.29, 0.717) is 31.7 Å². The zero-order valence-electron chi connectivity index (χ0n) is 23.3. The summed E-state index contributed by atoms with van der Waals surface area (Å²) >= 11 is 0. The predicted molar refractivity (Wildman–Crippen MR) is 157 cm³/mol. The zero-order valence-corrected chi connectivity index (χ0v) is 24.1. The van der Waals surface area contributed by atoms with Gasteiger partial charge >= 0.3 is 5.97 Å². The van der Waals surface area contributed by atoms with Crippen LogP contribution in [-0.2, 0) is 10.0 Å². The van der Waals surface area contributed by atoms with Gasteiger partial charge in [-0.05, 0) is 37.1 Å². The quantitative estimate of drug-likeness (QED) is 0.302. The first-order valence-corrected chi connectivity index (χ1v) is 15.2. The molecule has 0 unspecified atom stereocenters. The number of piperazine rings is 1. The minimum Gasteiger partial charge on any atom is -0.492 e. The van der Waals surface area contributed by atoms with Crippen molar-refractivity contribution in [2.45, 2.75) is 23.8 Å². The molecule has 1 aliphatic heterocycles. The Morgan fingerprint density at radius 2 is 1.77 bits per heavy atom. The highest BCUT2D eigenvalue weighted by molar-refractivity contribution is 7.92. The van der Waals surface area contributed by atoms with E-state index >= 15 is 4.39 Å². The highest BCUT2D eigenvalue weighted by Crippen LogP contribution is 2.43. The number of aromatic nitrogens is 3. The third-order valence-corrected chi connectivity index (χ3v) is 9.42. The fourth-order valence-corrected chi connectivity index (χ4v) is 6.79. The molecule has 1 aliphatic carbocycles. The maximum Gasteiger partial charge on any atom is 0.341 e. The van der Waals surface area contributed by atoms with E-state index in [1.54, 1.807) is 33.7 Å². The first-order valence-electron chi connectivity index (χ1n) is 13.7. The number of pyridine rings is 1. The number of halogens is 1. The second-order valence-corrected chi connectivity index (χ2v) is 12.3. The molecule has 0 bridgehead atoms. The summed E-state index contributed by atoms with van der Waals surface area (Å²) in [4.78, 5) is 37.0. The summed E-state index contributed by atoms with van der Waals surface area (Å²) in [6.07, 6.45) is 5.88. The third-order valence-electron chi connectivity index (χ3n) is 7.70. The van der Waals surface area contributed by atoms with Crippen LogP contribution in [0.4, 0.5) is 16.0 Å². The van der Waals surface area contributed by atoms with Crippen LogP contribution in [0.3, 0.4) is 0 Å². The van der Waals surface area contributed by atoms with Crippen LogP contribution in [0.25, 0.3) is 10.9 Å². The Labute approximate surface area is 246 Å². The largest absolute Gasteiger partial charge is 0.492 e. The number of carbonyl (C=O) groups is 1. The Bertz CT molecular complexity index is 1840. The number of carboxylic acid groups (broad SMARTS) is 1. The Morgan fingerprint density at radius 3 is 2.37 bits per heavy atom. The van der Waals surface area contributed by atoms with Crippen LogP contribution < -0.4 is 19.4 Å². The van der Waals surface area contributed by atoms with E-state index in [9.17, 15) is 23.1 Å². The van der Waals surface area contributed by atoms with Crippen molar-refractivity contribution in [1.29, 1.82) is 0 Å². The lowest BCUT2D eigenvalue weighted by Gasteiger charge is -2.38. The van der Waals surface area contributed by atoms with Gasteiger partial charge in [0, 0.05) is 50.8 Å². The smallest absolute Gasteiger partial charge is 0.341 e. The minimum absolute atomic E-state index is 0.0111.